The molecule has 16 heavy (non-hydrogen) atoms. The topological polar surface area (TPSA) is 41.5 Å². The number of aliphatic hydroxyl groups is 1. The number of terminal acetylenes is 1. The molecule has 1 fully saturated rings. The maximum Gasteiger partial charge on any atom is 0.0897 e. The van der Waals surface area contributed by atoms with Crippen molar-refractivity contribution in [1.82, 2.24) is 5.32 Å². The van der Waals surface area contributed by atoms with Crippen LogP contribution in [0.3, 0.4) is 0 Å². The molecule has 0 aromatic rings. The number of ether oxygens (including phenoxy) is 1. The molecule has 0 aliphatic heterocycles. The molecule has 1 rings (SSSR count). The molecule has 0 amide bonds. The Hall–Kier alpha value is -0.560. The highest BCUT2D eigenvalue weighted by Crippen LogP contribution is 2.20. The summed E-state index contributed by atoms with van der Waals surface area (Å²) in [5.41, 5.74) is 0. The van der Waals surface area contributed by atoms with Gasteiger partial charge in [0.05, 0.1) is 18.8 Å². The summed E-state index contributed by atoms with van der Waals surface area (Å²) in [6.45, 7) is 3.00. The molecule has 0 bridgehead atoms. The minimum Gasteiger partial charge on any atom is -0.389 e. The Bertz CT molecular complexity index is 218. The fraction of sp³-hybridized carbons (Fsp3) is 0.846. The maximum atomic E-state index is 9.69. The highest BCUT2D eigenvalue weighted by atomic mass is 16.5. The summed E-state index contributed by atoms with van der Waals surface area (Å²) in [5.74, 6) is 2.59. The molecule has 1 aliphatic rings. The normalized spacial score (nSPS) is 20.6. The van der Waals surface area contributed by atoms with E-state index in [0.717, 1.165) is 12.8 Å². The van der Waals surface area contributed by atoms with Crippen molar-refractivity contribution in [1.29, 1.82) is 0 Å². The average molecular weight is 225 g/mol. The van der Waals surface area contributed by atoms with Crippen molar-refractivity contribution in [2.24, 2.45) is 0 Å². The van der Waals surface area contributed by atoms with Crippen molar-refractivity contribution in [3.8, 4) is 12.3 Å². The van der Waals surface area contributed by atoms with Crippen LogP contribution in [0.4, 0.5) is 0 Å². The van der Waals surface area contributed by atoms with E-state index >= 15 is 0 Å². The molecule has 92 valence electrons. The van der Waals surface area contributed by atoms with Crippen molar-refractivity contribution >= 4 is 0 Å². The smallest absolute Gasteiger partial charge is 0.0897 e. The molecule has 0 heterocycles. The van der Waals surface area contributed by atoms with E-state index < -0.39 is 6.10 Å². The van der Waals surface area contributed by atoms with E-state index in [1.807, 2.05) is 6.92 Å². The van der Waals surface area contributed by atoms with Crippen LogP contribution < -0.4 is 5.32 Å². The van der Waals surface area contributed by atoms with E-state index in [1.54, 1.807) is 0 Å². The summed E-state index contributed by atoms with van der Waals surface area (Å²) in [6.07, 6.45) is 10.7. The highest BCUT2D eigenvalue weighted by Gasteiger charge is 2.16. The monoisotopic (exact) mass is 225 g/mol. The predicted molar refractivity (Wildman–Crippen MR) is 65.1 cm³/mol. The van der Waals surface area contributed by atoms with Gasteiger partial charge < -0.3 is 15.2 Å². The molecule has 2 unspecified atom stereocenters. The fourth-order valence-corrected chi connectivity index (χ4v) is 1.95. The largest absolute Gasteiger partial charge is 0.389 e. The first kappa shape index (κ1) is 13.5. The maximum absolute atomic E-state index is 9.69. The summed E-state index contributed by atoms with van der Waals surface area (Å²) in [4.78, 5) is 0. The van der Waals surface area contributed by atoms with Crippen molar-refractivity contribution in [2.75, 3.05) is 13.2 Å². The van der Waals surface area contributed by atoms with Gasteiger partial charge in [-0.15, -0.1) is 12.3 Å². The second-order valence-corrected chi connectivity index (χ2v) is 4.61. The van der Waals surface area contributed by atoms with Crippen LogP contribution in [0, 0.1) is 12.3 Å². The molecule has 0 aromatic heterocycles. The number of hydrogen-bond acceptors (Lipinski definition) is 3. The first-order valence-corrected chi connectivity index (χ1v) is 6.19. The SMILES string of the molecule is C#CCC(C)NCC(O)COC1CCCC1. The van der Waals surface area contributed by atoms with Gasteiger partial charge in [-0.05, 0) is 19.8 Å². The van der Waals surface area contributed by atoms with Gasteiger partial charge in [0.15, 0.2) is 0 Å². The molecule has 1 aliphatic carbocycles. The van der Waals surface area contributed by atoms with E-state index in [4.69, 9.17) is 11.2 Å². The minimum absolute atomic E-state index is 0.256. The second-order valence-electron chi connectivity index (χ2n) is 4.61. The summed E-state index contributed by atoms with van der Waals surface area (Å²) in [7, 11) is 0. The third-order valence-electron chi connectivity index (χ3n) is 2.95. The Labute approximate surface area is 98.6 Å². The zero-order valence-electron chi connectivity index (χ0n) is 10.1. The molecular formula is C13H23NO2. The molecule has 2 atom stereocenters. The van der Waals surface area contributed by atoms with Crippen molar-refractivity contribution in [3.05, 3.63) is 0 Å². The Morgan fingerprint density at radius 1 is 1.50 bits per heavy atom. The number of hydrogen-bond donors (Lipinski definition) is 2. The molecular weight excluding hydrogens is 202 g/mol. The van der Waals surface area contributed by atoms with Crippen LogP contribution in [-0.2, 0) is 4.74 Å². The van der Waals surface area contributed by atoms with Crippen LogP contribution >= 0.6 is 0 Å². The lowest BCUT2D eigenvalue weighted by Crippen LogP contribution is -2.36. The summed E-state index contributed by atoms with van der Waals surface area (Å²) in [6, 6.07) is 0.256. The summed E-state index contributed by atoms with van der Waals surface area (Å²) in [5, 5.41) is 12.9. The molecule has 0 saturated heterocycles. The van der Waals surface area contributed by atoms with Gasteiger partial charge in [-0.25, -0.2) is 0 Å². The lowest BCUT2D eigenvalue weighted by molar-refractivity contribution is -0.00603. The van der Waals surface area contributed by atoms with Gasteiger partial charge in [-0.3, -0.25) is 0 Å². The second kappa shape index (κ2) is 7.67. The Kier molecular flexibility index (Phi) is 6.47. The fourth-order valence-electron chi connectivity index (χ4n) is 1.95. The molecule has 3 nitrogen and oxygen atoms in total. The van der Waals surface area contributed by atoms with Gasteiger partial charge in [0.2, 0.25) is 0 Å². The summed E-state index contributed by atoms with van der Waals surface area (Å²) >= 11 is 0. The zero-order chi connectivity index (χ0) is 11.8. The van der Waals surface area contributed by atoms with Gasteiger partial charge >= 0.3 is 0 Å². The van der Waals surface area contributed by atoms with Gasteiger partial charge in [-0.2, -0.15) is 0 Å². The molecule has 2 N–H and O–H groups in total. The van der Waals surface area contributed by atoms with Crippen LogP contribution in [0.15, 0.2) is 0 Å². The average Bonchev–Trinajstić information content (AvgIpc) is 2.77. The lowest BCUT2D eigenvalue weighted by Gasteiger charge is -2.18. The van der Waals surface area contributed by atoms with Crippen LogP contribution in [0.2, 0.25) is 0 Å². The van der Waals surface area contributed by atoms with Gasteiger partial charge in [0, 0.05) is 19.0 Å². The van der Waals surface area contributed by atoms with Crippen LogP contribution in [-0.4, -0.2) is 36.5 Å². The first-order valence-electron chi connectivity index (χ1n) is 6.19. The van der Waals surface area contributed by atoms with Gasteiger partial charge in [-0.1, -0.05) is 12.8 Å². The molecule has 0 aromatic carbocycles. The zero-order valence-corrected chi connectivity index (χ0v) is 10.1. The van der Waals surface area contributed by atoms with Crippen LogP contribution in [0.5, 0.6) is 0 Å². The van der Waals surface area contributed by atoms with E-state index in [1.165, 1.54) is 12.8 Å². The van der Waals surface area contributed by atoms with Crippen LogP contribution in [0.1, 0.15) is 39.0 Å². The minimum atomic E-state index is -0.430. The first-order chi connectivity index (χ1) is 7.72. The quantitative estimate of drug-likeness (QED) is 0.642. The number of nitrogens with one attached hydrogen (secondary N) is 1. The standard InChI is InChI=1S/C13H23NO2/c1-3-6-11(2)14-9-12(15)10-16-13-7-4-5-8-13/h1,11-15H,4-10H2,2H3. The van der Waals surface area contributed by atoms with E-state index in [0.29, 0.717) is 25.7 Å². The van der Waals surface area contributed by atoms with E-state index in [9.17, 15) is 5.11 Å². The van der Waals surface area contributed by atoms with Crippen molar-refractivity contribution < 1.29 is 9.84 Å². The van der Waals surface area contributed by atoms with Crippen LogP contribution in [0.25, 0.3) is 0 Å². The van der Waals surface area contributed by atoms with Crippen molar-refractivity contribution in [2.45, 2.75) is 57.3 Å². The Morgan fingerprint density at radius 2 is 2.19 bits per heavy atom. The molecule has 1 saturated carbocycles. The molecule has 0 spiro atoms. The third-order valence-corrected chi connectivity index (χ3v) is 2.95. The van der Waals surface area contributed by atoms with Crippen molar-refractivity contribution in [3.63, 3.8) is 0 Å². The van der Waals surface area contributed by atoms with E-state index in [2.05, 4.69) is 11.2 Å². The number of rotatable bonds is 7. The lowest BCUT2D eigenvalue weighted by atomic mass is 10.2. The Morgan fingerprint density at radius 3 is 2.81 bits per heavy atom. The summed E-state index contributed by atoms with van der Waals surface area (Å²) < 4.78 is 5.63. The molecule has 0 radical (unpaired) electrons. The van der Waals surface area contributed by atoms with E-state index in [-0.39, 0.29) is 6.04 Å². The molecule has 3 heteroatoms. The van der Waals surface area contributed by atoms with Gasteiger partial charge in [0.1, 0.15) is 0 Å². The third kappa shape index (κ3) is 5.50. The highest BCUT2D eigenvalue weighted by molar-refractivity contribution is 4.88. The van der Waals surface area contributed by atoms with Gasteiger partial charge in [0.25, 0.3) is 0 Å². The Balaban J connectivity index is 2.01. The number of aliphatic hydroxyl groups excluding tert-OH is 1. The predicted octanol–water partition coefficient (Wildman–Crippen LogP) is 1.31.